The van der Waals surface area contributed by atoms with Gasteiger partial charge in [-0.2, -0.15) is 5.10 Å². The van der Waals surface area contributed by atoms with Gasteiger partial charge in [0, 0.05) is 34.7 Å². The van der Waals surface area contributed by atoms with E-state index in [1.807, 2.05) is 10.7 Å². The van der Waals surface area contributed by atoms with Gasteiger partial charge in [0.1, 0.15) is 5.82 Å². The first-order valence-electron chi connectivity index (χ1n) is 5.65. The van der Waals surface area contributed by atoms with Gasteiger partial charge in [0.25, 0.3) is 5.91 Å². The lowest BCUT2D eigenvalue weighted by atomic mass is 10.1. The van der Waals surface area contributed by atoms with Gasteiger partial charge in [0.05, 0.1) is 0 Å². The highest BCUT2D eigenvalue weighted by molar-refractivity contribution is 5.92. The van der Waals surface area contributed by atoms with Crippen molar-refractivity contribution in [2.24, 2.45) is 5.92 Å². The summed E-state index contributed by atoms with van der Waals surface area (Å²) in [5, 5.41) is 7.64. The molecule has 1 aliphatic heterocycles. The molecule has 1 amide bonds. The van der Waals surface area contributed by atoms with Crippen molar-refractivity contribution < 1.29 is 6.22 Å². The van der Waals surface area contributed by atoms with Crippen LogP contribution in [0.4, 0.5) is 5.82 Å². The minimum atomic E-state index is -0.0447. The lowest BCUT2D eigenvalue weighted by Crippen LogP contribution is -2.27. The van der Waals surface area contributed by atoms with Gasteiger partial charge in [-0.15, -0.1) is 0 Å². The second kappa shape index (κ2) is 4.15. The van der Waals surface area contributed by atoms with Gasteiger partial charge in [0.15, 0.2) is 5.69 Å². The van der Waals surface area contributed by atoms with E-state index >= 15 is 0 Å². The van der Waals surface area contributed by atoms with E-state index in [9.17, 15) is 4.79 Å². The number of rotatable bonds is 2. The van der Waals surface area contributed by atoms with E-state index in [0.29, 0.717) is 11.6 Å². The van der Waals surface area contributed by atoms with E-state index in [1.54, 1.807) is 19.0 Å². The quantitative estimate of drug-likeness (QED) is 0.823. The molecule has 1 aromatic heterocycles. The first kappa shape index (κ1) is 11.0. The van der Waals surface area contributed by atoms with Gasteiger partial charge in [-0.25, -0.2) is 4.68 Å². The molecule has 2 heterocycles. The molecule has 0 bridgehead atoms. The number of hydrogen-bond donors (Lipinski definition) is 1. The zero-order valence-corrected chi connectivity index (χ0v) is 10.0. The zero-order valence-electron chi connectivity index (χ0n) is 10.0. The van der Waals surface area contributed by atoms with Crippen molar-refractivity contribution in [1.29, 1.82) is 0 Å². The molecule has 16 heavy (non-hydrogen) atoms. The SMILES string of the molecule is CC[C@H]1CNc2cc(C(=O)N(C)C)nn2C1.[HH]. The molecule has 1 N–H and O–H groups in total. The Labute approximate surface area is 96.9 Å². The molecule has 0 fully saturated rings. The summed E-state index contributed by atoms with van der Waals surface area (Å²) >= 11 is 0. The maximum Gasteiger partial charge on any atom is 0.273 e. The molecule has 0 spiro atoms. The molecular formula is C11H20N4O. The number of amides is 1. The van der Waals surface area contributed by atoms with Crippen LogP contribution in [0.2, 0.25) is 0 Å². The summed E-state index contributed by atoms with van der Waals surface area (Å²) in [6.07, 6.45) is 1.13. The van der Waals surface area contributed by atoms with Crippen molar-refractivity contribution in [1.82, 2.24) is 14.7 Å². The molecule has 1 aliphatic rings. The van der Waals surface area contributed by atoms with Crippen molar-refractivity contribution in [2.75, 3.05) is 26.0 Å². The third-order valence-corrected chi connectivity index (χ3v) is 2.99. The van der Waals surface area contributed by atoms with Gasteiger partial charge in [-0.05, 0) is 12.3 Å². The number of nitrogens with zero attached hydrogens (tertiary/aromatic N) is 3. The molecule has 0 radical (unpaired) electrons. The van der Waals surface area contributed by atoms with Crippen LogP contribution in [0.3, 0.4) is 0 Å². The van der Waals surface area contributed by atoms with Crippen molar-refractivity contribution in [3.8, 4) is 0 Å². The molecular weight excluding hydrogens is 204 g/mol. The van der Waals surface area contributed by atoms with Crippen LogP contribution in [0, 0.1) is 5.92 Å². The monoisotopic (exact) mass is 224 g/mol. The Kier molecular flexibility index (Phi) is 2.85. The normalized spacial score (nSPS) is 18.8. The minimum Gasteiger partial charge on any atom is -0.370 e. The van der Waals surface area contributed by atoms with Crippen LogP contribution in [-0.2, 0) is 6.54 Å². The Balaban J connectivity index is 0.00000144. The smallest absolute Gasteiger partial charge is 0.273 e. The van der Waals surface area contributed by atoms with Crippen LogP contribution in [0.1, 0.15) is 25.3 Å². The third kappa shape index (κ3) is 1.89. The largest absolute Gasteiger partial charge is 0.370 e. The van der Waals surface area contributed by atoms with Crippen LogP contribution in [-0.4, -0.2) is 41.2 Å². The molecule has 0 saturated carbocycles. The molecule has 0 aromatic carbocycles. The third-order valence-electron chi connectivity index (χ3n) is 2.99. The Morgan fingerprint density at radius 1 is 1.75 bits per heavy atom. The Bertz CT molecular complexity index is 402. The molecule has 2 rings (SSSR count). The van der Waals surface area contributed by atoms with E-state index in [4.69, 9.17) is 0 Å². The fourth-order valence-electron chi connectivity index (χ4n) is 1.86. The van der Waals surface area contributed by atoms with Gasteiger partial charge in [-0.1, -0.05) is 6.92 Å². The molecule has 5 heteroatoms. The molecule has 0 unspecified atom stereocenters. The number of aromatic nitrogens is 2. The van der Waals surface area contributed by atoms with Gasteiger partial charge < -0.3 is 10.2 Å². The van der Waals surface area contributed by atoms with Crippen LogP contribution >= 0.6 is 0 Å². The number of hydrogen-bond acceptors (Lipinski definition) is 3. The average molecular weight is 224 g/mol. The van der Waals surface area contributed by atoms with Crippen molar-refractivity contribution >= 4 is 11.7 Å². The zero-order chi connectivity index (χ0) is 11.7. The molecule has 5 nitrogen and oxygen atoms in total. The summed E-state index contributed by atoms with van der Waals surface area (Å²) in [7, 11) is 3.48. The first-order valence-corrected chi connectivity index (χ1v) is 5.65. The maximum atomic E-state index is 11.7. The second-order valence-corrected chi connectivity index (χ2v) is 4.45. The summed E-state index contributed by atoms with van der Waals surface area (Å²) in [6.45, 7) is 4.05. The summed E-state index contributed by atoms with van der Waals surface area (Å²) in [4.78, 5) is 13.3. The number of fused-ring (bicyclic) bond motifs is 1. The van der Waals surface area contributed by atoms with E-state index < -0.39 is 0 Å². The predicted octanol–water partition coefficient (Wildman–Crippen LogP) is 1.28. The minimum absolute atomic E-state index is 0. The van der Waals surface area contributed by atoms with E-state index in [1.165, 1.54) is 0 Å². The first-order chi connectivity index (χ1) is 7.61. The van der Waals surface area contributed by atoms with Crippen molar-refractivity contribution in [2.45, 2.75) is 19.9 Å². The molecule has 90 valence electrons. The fourth-order valence-corrected chi connectivity index (χ4v) is 1.86. The Hall–Kier alpha value is -1.52. The van der Waals surface area contributed by atoms with Crippen molar-refractivity contribution in [3.05, 3.63) is 11.8 Å². The second-order valence-electron chi connectivity index (χ2n) is 4.45. The topological polar surface area (TPSA) is 50.2 Å². The highest BCUT2D eigenvalue weighted by atomic mass is 16.2. The van der Waals surface area contributed by atoms with Crippen LogP contribution < -0.4 is 5.32 Å². The highest BCUT2D eigenvalue weighted by Gasteiger charge is 2.21. The highest BCUT2D eigenvalue weighted by Crippen LogP contribution is 2.20. The van der Waals surface area contributed by atoms with Crippen LogP contribution in [0.25, 0.3) is 0 Å². The molecule has 1 aromatic rings. The summed E-state index contributed by atoms with van der Waals surface area (Å²) in [6, 6.07) is 1.83. The number of carbonyl (C=O) groups excluding carboxylic acids is 1. The van der Waals surface area contributed by atoms with Crippen LogP contribution in [0.15, 0.2) is 6.07 Å². The predicted molar refractivity (Wildman–Crippen MR) is 64.6 cm³/mol. The Morgan fingerprint density at radius 3 is 3.12 bits per heavy atom. The molecule has 0 aliphatic carbocycles. The molecule has 1 atom stereocenters. The average Bonchev–Trinajstić information content (AvgIpc) is 2.69. The number of anilines is 1. The summed E-state index contributed by atoms with van der Waals surface area (Å²) < 4.78 is 1.90. The fraction of sp³-hybridized carbons (Fsp3) is 0.636. The van der Waals surface area contributed by atoms with Crippen molar-refractivity contribution in [3.63, 3.8) is 0 Å². The van der Waals surface area contributed by atoms with E-state index in [2.05, 4.69) is 17.3 Å². The summed E-state index contributed by atoms with van der Waals surface area (Å²) in [5.74, 6) is 1.52. The maximum absolute atomic E-state index is 11.7. The van der Waals surface area contributed by atoms with Gasteiger partial charge in [0.2, 0.25) is 0 Å². The van der Waals surface area contributed by atoms with Gasteiger partial charge >= 0.3 is 0 Å². The number of carbonyl (C=O) groups is 1. The van der Waals surface area contributed by atoms with E-state index in [-0.39, 0.29) is 7.33 Å². The lowest BCUT2D eigenvalue weighted by Gasteiger charge is -2.23. The van der Waals surface area contributed by atoms with E-state index in [0.717, 1.165) is 25.3 Å². The standard InChI is InChI=1S/C11H18N4O.H2/c1-4-8-6-12-10-5-9(11(16)14(2)3)13-15(10)7-8;/h5,8,12H,4,6-7H2,1-3H3;1H/t8-;/m0./s1. The van der Waals surface area contributed by atoms with Gasteiger partial charge in [-0.3, -0.25) is 4.79 Å². The molecule has 0 saturated heterocycles. The summed E-state index contributed by atoms with van der Waals surface area (Å²) in [5.41, 5.74) is 0.518. The number of nitrogens with one attached hydrogen (secondary N) is 1. The van der Waals surface area contributed by atoms with Crippen LogP contribution in [0.5, 0.6) is 0 Å². The Morgan fingerprint density at radius 2 is 2.50 bits per heavy atom. The lowest BCUT2D eigenvalue weighted by molar-refractivity contribution is 0.0821.